The molecule has 0 spiro atoms. The molecule has 0 aliphatic heterocycles. The molecule has 0 aliphatic carbocycles. The summed E-state index contributed by atoms with van der Waals surface area (Å²) >= 11 is 0. The van der Waals surface area contributed by atoms with E-state index in [0.29, 0.717) is 0 Å². The Kier molecular flexibility index (Phi) is 3.61. The summed E-state index contributed by atoms with van der Waals surface area (Å²) in [6, 6.07) is 3.43. The van der Waals surface area contributed by atoms with Crippen molar-refractivity contribution in [3.8, 4) is 0 Å². The second-order valence-corrected chi connectivity index (χ2v) is 3.08. The number of aliphatic carboxylic acids is 1. The molecule has 0 heterocycles. The zero-order valence-corrected chi connectivity index (χ0v) is 8.45. The molecule has 6 heteroatoms. The van der Waals surface area contributed by atoms with Gasteiger partial charge in [0.1, 0.15) is 0 Å². The van der Waals surface area contributed by atoms with Crippen LogP contribution >= 0.6 is 0 Å². The molecule has 17 heavy (non-hydrogen) atoms. The van der Waals surface area contributed by atoms with Gasteiger partial charge < -0.3 is 15.3 Å². The maximum Gasteiger partial charge on any atom is 0.336 e. The van der Waals surface area contributed by atoms with Crippen LogP contribution in [0.1, 0.15) is 26.3 Å². The van der Waals surface area contributed by atoms with Crippen molar-refractivity contribution in [3.05, 3.63) is 41.0 Å². The Hall–Kier alpha value is -2.63. The fraction of sp³-hybridized carbons (Fsp3) is 0. The van der Waals surface area contributed by atoms with Gasteiger partial charge in [0.15, 0.2) is 0 Å². The van der Waals surface area contributed by atoms with Crippen LogP contribution in [0.3, 0.4) is 0 Å². The summed E-state index contributed by atoms with van der Waals surface area (Å²) in [7, 11) is 0. The molecule has 0 aromatic heterocycles. The van der Waals surface area contributed by atoms with Crippen molar-refractivity contribution in [1.29, 1.82) is 0 Å². The summed E-state index contributed by atoms with van der Waals surface area (Å²) in [5, 5.41) is 26.0. The molecule has 0 fully saturated rings. The van der Waals surface area contributed by atoms with E-state index in [2.05, 4.69) is 0 Å². The summed E-state index contributed by atoms with van der Waals surface area (Å²) in [6.07, 6.45) is 1.87. The topological polar surface area (TPSA) is 112 Å². The number of carboxylic acids is 3. The lowest BCUT2D eigenvalue weighted by Gasteiger charge is -2.02. The number of carboxylic acid groups (broad SMARTS) is 3. The highest BCUT2D eigenvalue weighted by molar-refractivity contribution is 5.97. The smallest absolute Gasteiger partial charge is 0.336 e. The second-order valence-electron chi connectivity index (χ2n) is 3.08. The quantitative estimate of drug-likeness (QED) is 0.676. The molecule has 0 bridgehead atoms. The Morgan fingerprint density at radius 2 is 1.65 bits per heavy atom. The standard InChI is InChI=1S/C11H8O6/c12-9(13)4-3-6-1-2-7(10(14)15)5-8(6)11(16)17/h1-5H,(H,12,13)(H,14,15)(H,16,17). The van der Waals surface area contributed by atoms with Gasteiger partial charge in [-0.05, 0) is 23.8 Å². The Balaban J connectivity index is 3.27. The molecule has 0 aliphatic rings. The molecular weight excluding hydrogens is 228 g/mol. The van der Waals surface area contributed by atoms with Gasteiger partial charge in [0.2, 0.25) is 0 Å². The highest BCUT2D eigenvalue weighted by Crippen LogP contribution is 2.14. The summed E-state index contributed by atoms with van der Waals surface area (Å²) in [4.78, 5) is 31.8. The lowest BCUT2D eigenvalue weighted by Crippen LogP contribution is -2.04. The van der Waals surface area contributed by atoms with Crippen LogP contribution in [-0.2, 0) is 4.79 Å². The van der Waals surface area contributed by atoms with Crippen molar-refractivity contribution >= 4 is 24.0 Å². The SMILES string of the molecule is O=C(O)C=Cc1ccc(C(=O)O)cc1C(=O)O. The maximum absolute atomic E-state index is 10.9. The van der Waals surface area contributed by atoms with E-state index in [4.69, 9.17) is 15.3 Å². The molecule has 0 amide bonds. The third-order valence-corrected chi connectivity index (χ3v) is 1.94. The summed E-state index contributed by atoms with van der Waals surface area (Å²) in [6.45, 7) is 0. The summed E-state index contributed by atoms with van der Waals surface area (Å²) in [5.41, 5.74) is -0.304. The van der Waals surface area contributed by atoms with Crippen molar-refractivity contribution in [1.82, 2.24) is 0 Å². The molecule has 0 radical (unpaired) electrons. The molecule has 1 aromatic rings. The van der Waals surface area contributed by atoms with E-state index in [1.54, 1.807) is 0 Å². The fourth-order valence-electron chi connectivity index (χ4n) is 1.18. The molecule has 0 saturated heterocycles. The largest absolute Gasteiger partial charge is 0.478 e. The third kappa shape index (κ3) is 3.16. The van der Waals surface area contributed by atoms with E-state index < -0.39 is 17.9 Å². The van der Waals surface area contributed by atoms with Crippen molar-refractivity contribution in [2.24, 2.45) is 0 Å². The molecule has 3 N–H and O–H groups in total. The minimum Gasteiger partial charge on any atom is -0.478 e. The van der Waals surface area contributed by atoms with Crippen LogP contribution in [0, 0.1) is 0 Å². The number of carbonyl (C=O) groups is 3. The first kappa shape index (κ1) is 12.4. The van der Waals surface area contributed by atoms with E-state index in [1.807, 2.05) is 0 Å². The van der Waals surface area contributed by atoms with Gasteiger partial charge in [-0.2, -0.15) is 0 Å². The van der Waals surface area contributed by atoms with E-state index >= 15 is 0 Å². The van der Waals surface area contributed by atoms with E-state index in [0.717, 1.165) is 18.2 Å². The number of hydrogen-bond donors (Lipinski definition) is 3. The van der Waals surface area contributed by atoms with Gasteiger partial charge in [-0.1, -0.05) is 6.07 Å². The average Bonchev–Trinajstić information content (AvgIpc) is 2.25. The van der Waals surface area contributed by atoms with Crippen LogP contribution < -0.4 is 0 Å². The van der Waals surface area contributed by atoms with Gasteiger partial charge in [-0.25, -0.2) is 14.4 Å². The molecular formula is C11H8O6. The van der Waals surface area contributed by atoms with Gasteiger partial charge in [-0.15, -0.1) is 0 Å². The fourth-order valence-corrected chi connectivity index (χ4v) is 1.18. The maximum atomic E-state index is 10.9. The van der Waals surface area contributed by atoms with Crippen LogP contribution in [0.4, 0.5) is 0 Å². The lowest BCUT2D eigenvalue weighted by atomic mass is 10.0. The van der Waals surface area contributed by atoms with Gasteiger partial charge in [0.05, 0.1) is 11.1 Å². The molecule has 1 aromatic carbocycles. The van der Waals surface area contributed by atoms with E-state index in [-0.39, 0.29) is 16.7 Å². The van der Waals surface area contributed by atoms with E-state index in [9.17, 15) is 14.4 Å². The lowest BCUT2D eigenvalue weighted by molar-refractivity contribution is -0.131. The van der Waals surface area contributed by atoms with Crippen LogP contribution in [0.25, 0.3) is 6.08 Å². The minimum atomic E-state index is -1.32. The minimum absolute atomic E-state index is 0.130. The number of aromatic carboxylic acids is 2. The predicted molar refractivity (Wildman–Crippen MR) is 57.0 cm³/mol. The second kappa shape index (κ2) is 4.93. The zero-order chi connectivity index (χ0) is 13.0. The molecule has 88 valence electrons. The van der Waals surface area contributed by atoms with Crippen LogP contribution in [0.2, 0.25) is 0 Å². The van der Waals surface area contributed by atoms with Crippen LogP contribution in [0.15, 0.2) is 24.3 Å². The number of rotatable bonds is 4. The van der Waals surface area contributed by atoms with Crippen molar-refractivity contribution in [2.45, 2.75) is 0 Å². The Labute approximate surface area is 95.4 Å². The Morgan fingerprint density at radius 3 is 2.12 bits per heavy atom. The van der Waals surface area contributed by atoms with Gasteiger partial charge in [0.25, 0.3) is 0 Å². The Morgan fingerprint density at radius 1 is 1.00 bits per heavy atom. The number of benzene rings is 1. The Bertz CT molecular complexity index is 515. The first-order valence-corrected chi connectivity index (χ1v) is 4.43. The van der Waals surface area contributed by atoms with Gasteiger partial charge in [-0.3, -0.25) is 0 Å². The zero-order valence-electron chi connectivity index (χ0n) is 8.45. The monoisotopic (exact) mass is 236 g/mol. The first-order chi connectivity index (χ1) is 7.91. The van der Waals surface area contributed by atoms with Crippen LogP contribution in [-0.4, -0.2) is 33.2 Å². The number of hydrogen-bond acceptors (Lipinski definition) is 3. The van der Waals surface area contributed by atoms with Gasteiger partial charge >= 0.3 is 17.9 Å². The summed E-state index contributed by atoms with van der Waals surface area (Å²) < 4.78 is 0. The van der Waals surface area contributed by atoms with Gasteiger partial charge in [0, 0.05) is 6.08 Å². The van der Waals surface area contributed by atoms with Crippen LogP contribution in [0.5, 0.6) is 0 Å². The van der Waals surface area contributed by atoms with Crippen molar-refractivity contribution in [2.75, 3.05) is 0 Å². The molecule has 0 atom stereocenters. The molecule has 0 unspecified atom stereocenters. The molecule has 1 rings (SSSR count). The predicted octanol–water partition coefficient (Wildman–Crippen LogP) is 1.18. The third-order valence-electron chi connectivity index (χ3n) is 1.94. The first-order valence-electron chi connectivity index (χ1n) is 4.43. The van der Waals surface area contributed by atoms with E-state index in [1.165, 1.54) is 12.1 Å². The highest BCUT2D eigenvalue weighted by atomic mass is 16.4. The molecule has 0 saturated carbocycles. The average molecular weight is 236 g/mol. The highest BCUT2D eigenvalue weighted by Gasteiger charge is 2.12. The van der Waals surface area contributed by atoms with Crippen molar-refractivity contribution < 1.29 is 29.7 Å². The normalized spacial score (nSPS) is 10.4. The van der Waals surface area contributed by atoms with Crippen molar-refractivity contribution in [3.63, 3.8) is 0 Å². The molecule has 6 nitrogen and oxygen atoms in total. The summed E-state index contributed by atoms with van der Waals surface area (Å²) in [5.74, 6) is -3.79.